The molecule has 9 heteroatoms. The van der Waals surface area contributed by atoms with E-state index in [1.807, 2.05) is 0 Å². The molecule has 0 radical (unpaired) electrons. The zero-order chi connectivity index (χ0) is 17.0. The predicted molar refractivity (Wildman–Crippen MR) is 90.2 cm³/mol. The monoisotopic (exact) mass is 376 g/mol. The molecule has 2 rings (SSSR count). The van der Waals surface area contributed by atoms with Crippen LogP contribution in [-0.2, 0) is 16.4 Å². The fourth-order valence-corrected chi connectivity index (χ4v) is 3.32. The Kier molecular flexibility index (Phi) is 5.74. The summed E-state index contributed by atoms with van der Waals surface area (Å²) in [6, 6.07) is 7.24. The highest BCUT2D eigenvalue weighted by Crippen LogP contribution is 2.22. The van der Waals surface area contributed by atoms with E-state index in [1.165, 1.54) is 29.5 Å². The van der Waals surface area contributed by atoms with Gasteiger partial charge in [-0.2, -0.15) is 0 Å². The zero-order valence-corrected chi connectivity index (χ0v) is 14.5. The number of thiophene rings is 1. The minimum atomic E-state index is -3.23. The number of anilines is 1. The van der Waals surface area contributed by atoms with E-state index in [1.54, 1.807) is 12.1 Å². The van der Waals surface area contributed by atoms with Crippen LogP contribution in [0.3, 0.4) is 0 Å². The smallest absolute Gasteiger partial charge is 0.265 e. The predicted octanol–water partition coefficient (Wildman–Crippen LogP) is 2.88. The number of sulfonamides is 1. The lowest BCUT2D eigenvalue weighted by Crippen LogP contribution is -2.24. The highest BCUT2D eigenvalue weighted by molar-refractivity contribution is 7.88. The molecule has 0 saturated carbocycles. The van der Waals surface area contributed by atoms with E-state index < -0.39 is 21.7 Å². The average Bonchev–Trinajstić information content (AvgIpc) is 2.90. The van der Waals surface area contributed by atoms with Gasteiger partial charge in [-0.1, -0.05) is 11.6 Å². The molecule has 124 valence electrons. The number of amides is 1. The Labute approximate surface area is 142 Å². The van der Waals surface area contributed by atoms with Crippen LogP contribution in [-0.4, -0.2) is 27.1 Å². The summed E-state index contributed by atoms with van der Waals surface area (Å²) in [5.41, 5.74) is 0.0104. The molecule has 0 unspecified atom stereocenters. The SMILES string of the molecule is CS(=O)(=O)NCCc1ccc(C(=O)Nc2cc(Cl)ccc2F)s1. The summed E-state index contributed by atoms with van der Waals surface area (Å²) in [6.45, 7) is 0.253. The highest BCUT2D eigenvalue weighted by Gasteiger charge is 2.12. The molecule has 0 aliphatic rings. The van der Waals surface area contributed by atoms with Gasteiger partial charge in [0, 0.05) is 16.4 Å². The summed E-state index contributed by atoms with van der Waals surface area (Å²) in [4.78, 5) is 13.3. The third-order valence-electron chi connectivity index (χ3n) is 2.80. The van der Waals surface area contributed by atoms with Crippen LogP contribution in [0.4, 0.5) is 10.1 Å². The highest BCUT2D eigenvalue weighted by atomic mass is 35.5. The summed E-state index contributed by atoms with van der Waals surface area (Å²) in [5.74, 6) is -1.02. The van der Waals surface area contributed by atoms with E-state index >= 15 is 0 Å². The van der Waals surface area contributed by atoms with E-state index in [9.17, 15) is 17.6 Å². The number of carbonyl (C=O) groups excluding carboxylic acids is 1. The van der Waals surface area contributed by atoms with E-state index in [2.05, 4.69) is 10.0 Å². The van der Waals surface area contributed by atoms with Crippen molar-refractivity contribution >= 4 is 44.6 Å². The van der Waals surface area contributed by atoms with Crippen molar-refractivity contribution in [2.45, 2.75) is 6.42 Å². The largest absolute Gasteiger partial charge is 0.319 e. The van der Waals surface area contributed by atoms with Gasteiger partial charge in [-0.3, -0.25) is 4.79 Å². The third kappa shape index (κ3) is 5.58. The van der Waals surface area contributed by atoms with Gasteiger partial charge in [0.15, 0.2) is 0 Å². The maximum atomic E-state index is 13.6. The van der Waals surface area contributed by atoms with E-state index in [4.69, 9.17) is 11.6 Å². The van der Waals surface area contributed by atoms with E-state index in [0.717, 1.165) is 11.1 Å². The topological polar surface area (TPSA) is 75.3 Å². The normalized spacial score (nSPS) is 11.4. The first-order valence-corrected chi connectivity index (χ1v) is 9.63. The second kappa shape index (κ2) is 7.39. The van der Waals surface area contributed by atoms with Crippen LogP contribution < -0.4 is 10.0 Å². The van der Waals surface area contributed by atoms with Gasteiger partial charge in [0.2, 0.25) is 10.0 Å². The molecule has 1 amide bonds. The molecule has 2 N–H and O–H groups in total. The summed E-state index contributed by atoms with van der Waals surface area (Å²) in [5, 5.41) is 2.78. The molecule has 0 aliphatic heterocycles. The van der Waals surface area contributed by atoms with Crippen LogP contribution in [0.25, 0.3) is 0 Å². The maximum Gasteiger partial charge on any atom is 0.265 e. The van der Waals surface area contributed by atoms with Crippen LogP contribution >= 0.6 is 22.9 Å². The van der Waals surface area contributed by atoms with Crippen molar-refractivity contribution in [3.63, 3.8) is 0 Å². The lowest BCUT2D eigenvalue weighted by atomic mass is 10.3. The number of hydrogen-bond donors (Lipinski definition) is 2. The van der Waals surface area contributed by atoms with Gasteiger partial charge in [0.25, 0.3) is 5.91 Å². The maximum absolute atomic E-state index is 13.6. The molecule has 0 saturated heterocycles. The van der Waals surface area contributed by atoms with Crippen molar-refractivity contribution in [1.29, 1.82) is 0 Å². The zero-order valence-electron chi connectivity index (χ0n) is 12.1. The van der Waals surface area contributed by atoms with Crippen molar-refractivity contribution in [2.24, 2.45) is 0 Å². The first kappa shape index (κ1) is 17.9. The van der Waals surface area contributed by atoms with Gasteiger partial charge in [-0.15, -0.1) is 11.3 Å². The van der Waals surface area contributed by atoms with Crippen LogP contribution in [0, 0.1) is 5.82 Å². The van der Waals surface area contributed by atoms with Gasteiger partial charge in [0.05, 0.1) is 16.8 Å². The summed E-state index contributed by atoms with van der Waals surface area (Å²) >= 11 is 6.99. The first-order chi connectivity index (χ1) is 10.7. The van der Waals surface area contributed by atoms with Gasteiger partial charge in [0.1, 0.15) is 5.82 Å². The van der Waals surface area contributed by atoms with Crippen molar-refractivity contribution in [1.82, 2.24) is 4.72 Å². The van der Waals surface area contributed by atoms with Crippen molar-refractivity contribution < 1.29 is 17.6 Å². The summed E-state index contributed by atoms with van der Waals surface area (Å²) in [7, 11) is -3.23. The molecule has 1 aromatic carbocycles. The Balaban J connectivity index is 1.99. The quantitative estimate of drug-likeness (QED) is 0.814. The van der Waals surface area contributed by atoms with Crippen LogP contribution in [0.15, 0.2) is 30.3 Å². The molecule has 0 aliphatic carbocycles. The van der Waals surface area contributed by atoms with Crippen molar-refractivity contribution in [2.75, 3.05) is 18.1 Å². The second-order valence-corrected chi connectivity index (χ2v) is 8.20. The molecule has 23 heavy (non-hydrogen) atoms. The van der Waals surface area contributed by atoms with Gasteiger partial charge < -0.3 is 5.32 Å². The number of carbonyl (C=O) groups is 1. The molecule has 1 aromatic heterocycles. The number of hydrogen-bond acceptors (Lipinski definition) is 4. The lowest BCUT2D eigenvalue weighted by Gasteiger charge is -2.05. The summed E-state index contributed by atoms with van der Waals surface area (Å²) in [6.07, 6.45) is 1.55. The molecule has 2 aromatic rings. The Hall–Kier alpha value is -1.48. The molecular weight excluding hydrogens is 363 g/mol. The Morgan fingerprint density at radius 1 is 1.30 bits per heavy atom. The van der Waals surface area contributed by atoms with Crippen molar-refractivity contribution in [3.8, 4) is 0 Å². The van der Waals surface area contributed by atoms with Gasteiger partial charge in [-0.05, 0) is 36.8 Å². The van der Waals surface area contributed by atoms with Crippen LogP contribution in [0.5, 0.6) is 0 Å². The Bertz CT molecular complexity index is 821. The van der Waals surface area contributed by atoms with Crippen LogP contribution in [0.2, 0.25) is 5.02 Å². The molecule has 0 bridgehead atoms. The number of rotatable bonds is 6. The fourth-order valence-electron chi connectivity index (χ4n) is 1.77. The number of nitrogens with one attached hydrogen (secondary N) is 2. The molecule has 5 nitrogen and oxygen atoms in total. The van der Waals surface area contributed by atoms with E-state index in [-0.39, 0.29) is 12.2 Å². The Morgan fingerprint density at radius 2 is 2.04 bits per heavy atom. The van der Waals surface area contributed by atoms with Gasteiger partial charge >= 0.3 is 0 Å². The average molecular weight is 377 g/mol. The summed E-state index contributed by atoms with van der Waals surface area (Å²) < 4.78 is 37.9. The molecule has 1 heterocycles. The first-order valence-electron chi connectivity index (χ1n) is 6.54. The molecule has 0 spiro atoms. The third-order valence-corrected chi connectivity index (χ3v) is 4.91. The standard InChI is InChI=1S/C14H14ClFN2O3S2/c1-23(20,21)17-7-6-10-3-5-13(22-10)14(19)18-12-8-9(15)2-4-11(12)16/h2-5,8,17H,6-7H2,1H3,(H,18,19). The van der Waals surface area contributed by atoms with Crippen molar-refractivity contribution in [3.05, 3.63) is 50.9 Å². The fraction of sp³-hybridized carbons (Fsp3) is 0.214. The molecule has 0 fully saturated rings. The minimum absolute atomic E-state index is 0.0104. The number of halogens is 2. The second-order valence-electron chi connectivity index (χ2n) is 4.76. The lowest BCUT2D eigenvalue weighted by molar-refractivity contribution is 0.103. The molecular formula is C14H14ClFN2O3S2. The van der Waals surface area contributed by atoms with E-state index in [0.29, 0.717) is 16.3 Å². The minimum Gasteiger partial charge on any atom is -0.319 e. The van der Waals surface area contributed by atoms with Crippen LogP contribution in [0.1, 0.15) is 14.5 Å². The number of benzene rings is 1. The Morgan fingerprint density at radius 3 is 2.74 bits per heavy atom. The molecule has 0 atom stereocenters. The van der Waals surface area contributed by atoms with Gasteiger partial charge in [-0.25, -0.2) is 17.5 Å².